The molecular weight excluding hydrogens is 400 g/mol. The van der Waals surface area contributed by atoms with E-state index in [9.17, 15) is 14.4 Å². The number of carbonyl (C=O) groups excluding carboxylic acids is 3. The molecule has 0 aliphatic carbocycles. The Morgan fingerprint density at radius 2 is 1.96 bits per heavy atom. The molecule has 0 unspecified atom stereocenters. The van der Waals surface area contributed by atoms with E-state index in [2.05, 4.69) is 27.2 Å². The molecule has 10 heteroatoms. The third kappa shape index (κ3) is 4.63. The highest BCUT2D eigenvalue weighted by atomic mass is 32.1. The number of hydrogen-bond donors (Lipinski definition) is 2. The Balaban J connectivity index is 1.93. The predicted octanol–water partition coefficient (Wildman–Crippen LogP) is 2.14. The first-order valence-corrected chi connectivity index (χ1v) is 10.4. The highest BCUT2D eigenvalue weighted by Gasteiger charge is 2.29. The topological polar surface area (TPSA) is 110 Å². The smallest absolute Gasteiger partial charge is 0.329 e. The molecule has 3 rings (SSSR count). The minimum absolute atomic E-state index is 0.0556. The summed E-state index contributed by atoms with van der Waals surface area (Å²) in [6.07, 6.45) is 0.546. The molecule has 0 saturated heterocycles. The lowest BCUT2D eigenvalue weighted by Crippen LogP contribution is -2.46. The third-order valence-corrected chi connectivity index (χ3v) is 5.78. The maximum absolute atomic E-state index is 12.6. The highest BCUT2D eigenvalue weighted by Crippen LogP contribution is 2.25. The number of nitrogens with zero attached hydrogens (tertiary/aromatic N) is 2. The van der Waals surface area contributed by atoms with E-state index >= 15 is 0 Å². The van der Waals surface area contributed by atoms with E-state index in [0.717, 1.165) is 0 Å². The van der Waals surface area contributed by atoms with Crippen molar-refractivity contribution in [1.82, 2.24) is 20.6 Å². The van der Waals surface area contributed by atoms with E-state index in [4.69, 9.17) is 4.74 Å². The fourth-order valence-electron chi connectivity index (χ4n) is 2.52. The van der Waals surface area contributed by atoms with Gasteiger partial charge in [-0.3, -0.25) is 9.59 Å². The zero-order valence-corrected chi connectivity index (χ0v) is 17.1. The fraction of sp³-hybridized carbons (Fsp3) is 0.389. The number of carbonyl (C=O) groups is 3. The first kappa shape index (κ1) is 20.2. The number of rotatable bonds is 2. The van der Waals surface area contributed by atoms with E-state index in [0.29, 0.717) is 15.7 Å². The van der Waals surface area contributed by atoms with Gasteiger partial charge in [0.05, 0.1) is 13.0 Å². The number of ether oxygens (including phenoxy) is 1. The monoisotopic (exact) mass is 420 g/mol. The zero-order valence-electron chi connectivity index (χ0n) is 15.4. The molecule has 0 saturated carbocycles. The Morgan fingerprint density at radius 3 is 2.68 bits per heavy atom. The molecule has 148 valence electrons. The Morgan fingerprint density at radius 1 is 1.21 bits per heavy atom. The summed E-state index contributed by atoms with van der Waals surface area (Å²) in [6.45, 7) is 7.47. The van der Waals surface area contributed by atoms with E-state index < -0.39 is 24.0 Å². The van der Waals surface area contributed by atoms with Crippen LogP contribution >= 0.6 is 22.7 Å². The second-order valence-corrected chi connectivity index (χ2v) is 8.35. The van der Waals surface area contributed by atoms with Crippen molar-refractivity contribution in [2.24, 2.45) is 5.92 Å². The molecular formula is C18H20N4O4S2. The summed E-state index contributed by atoms with van der Waals surface area (Å²) in [4.78, 5) is 46.1. The van der Waals surface area contributed by atoms with Crippen LogP contribution < -0.4 is 10.6 Å². The van der Waals surface area contributed by atoms with Crippen LogP contribution in [0.4, 0.5) is 0 Å². The van der Waals surface area contributed by atoms with Crippen molar-refractivity contribution in [3.05, 3.63) is 34.1 Å². The molecule has 3 heterocycles. The van der Waals surface area contributed by atoms with E-state index in [-0.39, 0.29) is 30.5 Å². The first-order chi connectivity index (χ1) is 13.4. The van der Waals surface area contributed by atoms with Crippen molar-refractivity contribution in [1.29, 1.82) is 0 Å². The second kappa shape index (κ2) is 8.61. The maximum atomic E-state index is 12.6. The average molecular weight is 421 g/mol. The predicted molar refractivity (Wildman–Crippen MR) is 106 cm³/mol. The highest BCUT2D eigenvalue weighted by molar-refractivity contribution is 7.14. The van der Waals surface area contributed by atoms with E-state index in [1.165, 1.54) is 28.7 Å². The lowest BCUT2D eigenvalue weighted by molar-refractivity contribution is -0.151. The van der Waals surface area contributed by atoms with Crippen LogP contribution in [0.25, 0.3) is 10.7 Å². The number of amides is 2. The summed E-state index contributed by atoms with van der Waals surface area (Å²) in [7, 11) is 0. The van der Waals surface area contributed by atoms with Crippen LogP contribution in [0.2, 0.25) is 0 Å². The largest absolute Gasteiger partial charge is 0.456 e. The molecule has 28 heavy (non-hydrogen) atoms. The molecule has 2 aromatic heterocycles. The van der Waals surface area contributed by atoms with E-state index in [1.807, 2.05) is 5.38 Å². The first-order valence-electron chi connectivity index (χ1n) is 8.68. The molecule has 0 spiro atoms. The van der Waals surface area contributed by atoms with Crippen LogP contribution in [0, 0.1) is 5.92 Å². The van der Waals surface area contributed by atoms with Gasteiger partial charge < -0.3 is 15.4 Å². The normalized spacial score (nSPS) is 21.0. The number of hydrogen-bond acceptors (Lipinski definition) is 8. The molecule has 0 radical (unpaired) electrons. The molecule has 2 amide bonds. The number of aromatic nitrogens is 2. The molecule has 1 aliphatic heterocycles. The standard InChI is InChI=1S/C18H20N4O4S2/c1-4-10-5-13(23)19-6-14-20-12(8-27-14)17-21-11(7-28-17)16(24)22-15(9(2)3)18(25)26-10/h4,7-10,15H,1,5-6H2,2-3H3,(H,19,23)(H,22,24)/t10-,15+/m1/s1. The minimum atomic E-state index is -0.873. The van der Waals surface area contributed by atoms with Gasteiger partial charge in [-0.2, -0.15) is 0 Å². The van der Waals surface area contributed by atoms with Gasteiger partial charge in [0.15, 0.2) is 0 Å². The number of nitrogens with one attached hydrogen (secondary N) is 2. The van der Waals surface area contributed by atoms with Crippen molar-refractivity contribution in [2.75, 3.05) is 0 Å². The number of thiazole rings is 2. The van der Waals surface area contributed by atoms with Crippen LogP contribution in [0.5, 0.6) is 0 Å². The Bertz CT molecular complexity index is 905. The molecule has 8 nitrogen and oxygen atoms in total. The van der Waals surface area contributed by atoms with Crippen molar-refractivity contribution < 1.29 is 19.1 Å². The van der Waals surface area contributed by atoms with E-state index in [1.54, 1.807) is 19.2 Å². The van der Waals surface area contributed by atoms with Crippen LogP contribution in [0.1, 0.15) is 35.8 Å². The summed E-state index contributed by atoms with van der Waals surface area (Å²) in [6, 6.07) is -0.873. The van der Waals surface area contributed by atoms with Gasteiger partial charge in [-0.1, -0.05) is 26.5 Å². The van der Waals surface area contributed by atoms with Gasteiger partial charge in [0.1, 0.15) is 33.5 Å². The van der Waals surface area contributed by atoms with Crippen molar-refractivity contribution in [3.63, 3.8) is 0 Å². The van der Waals surface area contributed by atoms with Gasteiger partial charge in [0, 0.05) is 10.8 Å². The minimum Gasteiger partial charge on any atom is -0.456 e. The Kier molecular flexibility index (Phi) is 6.20. The maximum Gasteiger partial charge on any atom is 0.329 e. The second-order valence-electron chi connectivity index (χ2n) is 6.55. The lowest BCUT2D eigenvalue weighted by Gasteiger charge is -2.23. The third-order valence-electron chi connectivity index (χ3n) is 4.07. The summed E-state index contributed by atoms with van der Waals surface area (Å²) < 4.78 is 5.40. The van der Waals surface area contributed by atoms with Gasteiger partial charge >= 0.3 is 5.97 Å². The molecule has 0 fully saturated rings. The molecule has 2 N–H and O–H groups in total. The molecule has 4 bridgehead atoms. The van der Waals surface area contributed by atoms with Gasteiger partial charge in [0.25, 0.3) is 5.91 Å². The lowest BCUT2D eigenvalue weighted by atomic mass is 10.0. The van der Waals surface area contributed by atoms with Crippen LogP contribution in [-0.4, -0.2) is 39.9 Å². The molecule has 0 aromatic carbocycles. The quantitative estimate of drug-likeness (QED) is 0.569. The van der Waals surface area contributed by atoms with Crippen molar-refractivity contribution in [3.8, 4) is 10.7 Å². The van der Waals surface area contributed by atoms with Gasteiger partial charge in [0.2, 0.25) is 5.91 Å². The van der Waals surface area contributed by atoms with Gasteiger partial charge in [-0.15, -0.1) is 22.7 Å². The Hall–Kier alpha value is -2.59. The van der Waals surface area contributed by atoms with Gasteiger partial charge in [-0.05, 0) is 5.92 Å². The fourth-order valence-corrected chi connectivity index (χ4v) is 4.08. The average Bonchev–Trinajstić information content (AvgIpc) is 3.31. The zero-order chi connectivity index (χ0) is 20.3. The summed E-state index contributed by atoms with van der Waals surface area (Å²) in [5.41, 5.74) is 0.864. The Labute approximate surface area is 170 Å². The number of esters is 1. The SMILES string of the molecule is C=C[C@@H]1CC(=O)NCc2nc(cs2)-c2nc(cs2)C(=O)N[C@@H](C(C)C)C(=O)O1. The van der Waals surface area contributed by atoms with Gasteiger partial charge in [-0.25, -0.2) is 14.8 Å². The number of fused-ring (bicyclic) bond motifs is 5. The summed E-state index contributed by atoms with van der Waals surface area (Å²) >= 11 is 2.68. The van der Waals surface area contributed by atoms with Crippen molar-refractivity contribution >= 4 is 40.5 Å². The van der Waals surface area contributed by atoms with Crippen LogP contribution in [0.15, 0.2) is 23.4 Å². The van der Waals surface area contributed by atoms with Crippen molar-refractivity contribution in [2.45, 2.75) is 39.0 Å². The summed E-state index contributed by atoms with van der Waals surface area (Å²) in [5, 5.41) is 10.2. The van der Waals surface area contributed by atoms with Crippen LogP contribution in [-0.2, 0) is 20.9 Å². The molecule has 2 aromatic rings. The summed E-state index contributed by atoms with van der Waals surface area (Å²) in [5.74, 6) is -1.59. The molecule has 1 aliphatic rings. The van der Waals surface area contributed by atoms with Crippen LogP contribution in [0.3, 0.4) is 0 Å². The molecule has 2 atom stereocenters. The number of cyclic esters (lactones) is 1.